The van der Waals surface area contributed by atoms with Crippen molar-refractivity contribution in [3.05, 3.63) is 18.0 Å². The van der Waals surface area contributed by atoms with Gasteiger partial charge in [0.2, 0.25) is 0 Å². The van der Waals surface area contributed by atoms with Gasteiger partial charge in [0.25, 0.3) is 0 Å². The largest absolute Gasteiger partial charge is 0.464 e. The van der Waals surface area contributed by atoms with E-state index in [1.54, 1.807) is 27.7 Å². The van der Waals surface area contributed by atoms with Crippen LogP contribution < -0.4 is 10.1 Å². The van der Waals surface area contributed by atoms with E-state index >= 15 is 0 Å². The normalized spacial score (nSPS) is 14.1. The molecule has 124 valence electrons. The average molecular weight is 313 g/mol. The van der Waals surface area contributed by atoms with Gasteiger partial charge in [-0.1, -0.05) is 0 Å². The number of nitrogens with one attached hydrogen (secondary N) is 1. The summed E-state index contributed by atoms with van der Waals surface area (Å²) in [6, 6.07) is 0.194. The van der Waals surface area contributed by atoms with Gasteiger partial charge in [-0.3, -0.25) is 0 Å². The van der Waals surface area contributed by atoms with Crippen LogP contribution in [0.3, 0.4) is 0 Å². The number of alkyl carbamates (subject to hydrolysis) is 1. The predicted molar refractivity (Wildman–Crippen MR) is 78.4 cm³/mol. The van der Waals surface area contributed by atoms with Crippen molar-refractivity contribution in [2.45, 2.75) is 45.5 Å². The number of carbonyl (C=O) groups is 1. The summed E-state index contributed by atoms with van der Waals surface area (Å²) in [4.78, 5) is 19.3. The first-order valence-corrected chi connectivity index (χ1v) is 7.00. The highest BCUT2D eigenvalue weighted by molar-refractivity contribution is 5.67. The molecule has 3 N–H and O–H groups in total. The lowest BCUT2D eigenvalue weighted by atomic mass is 10.1. The van der Waals surface area contributed by atoms with E-state index in [-0.39, 0.29) is 12.6 Å². The lowest BCUT2D eigenvalue weighted by Gasteiger charge is -2.22. The first-order valence-electron chi connectivity index (χ1n) is 7.00. The van der Waals surface area contributed by atoms with Gasteiger partial charge in [0.05, 0.1) is 6.61 Å². The fraction of sp³-hybridized carbons (Fsp3) is 0.643. The summed E-state index contributed by atoms with van der Waals surface area (Å²) in [5.74, 6) is 0. The number of hydrogen-bond acceptors (Lipinski definition) is 7. The van der Waals surface area contributed by atoms with Crippen molar-refractivity contribution in [3.8, 4) is 6.01 Å². The molecule has 0 saturated heterocycles. The Hall–Kier alpha value is -1.93. The molecule has 0 saturated carbocycles. The van der Waals surface area contributed by atoms with Gasteiger partial charge in [-0.25, -0.2) is 14.8 Å². The average Bonchev–Trinajstić information content (AvgIpc) is 2.43. The SMILES string of the molecule is CCOc1ncc(C(O)C(O)CNC(=O)OC(C)(C)C)cn1. The van der Waals surface area contributed by atoms with Gasteiger partial charge in [-0.05, 0) is 27.7 Å². The van der Waals surface area contributed by atoms with Crippen molar-refractivity contribution in [2.24, 2.45) is 0 Å². The molecule has 0 radical (unpaired) electrons. The second-order valence-corrected chi connectivity index (χ2v) is 5.63. The highest BCUT2D eigenvalue weighted by atomic mass is 16.6. The Bertz CT molecular complexity index is 472. The second kappa shape index (κ2) is 7.90. The maximum atomic E-state index is 11.5. The van der Waals surface area contributed by atoms with E-state index in [4.69, 9.17) is 9.47 Å². The number of hydrogen-bond donors (Lipinski definition) is 3. The second-order valence-electron chi connectivity index (χ2n) is 5.63. The van der Waals surface area contributed by atoms with Crippen LogP contribution in [0.15, 0.2) is 12.4 Å². The van der Waals surface area contributed by atoms with Crippen LogP contribution in [0, 0.1) is 0 Å². The van der Waals surface area contributed by atoms with Gasteiger partial charge in [0.15, 0.2) is 0 Å². The molecule has 0 aliphatic heterocycles. The topological polar surface area (TPSA) is 114 Å². The van der Waals surface area contributed by atoms with Crippen LogP contribution in [0.1, 0.15) is 39.4 Å². The minimum atomic E-state index is -1.23. The minimum absolute atomic E-state index is 0.163. The number of nitrogens with zero attached hydrogens (tertiary/aromatic N) is 2. The van der Waals surface area contributed by atoms with Crippen molar-refractivity contribution < 1.29 is 24.5 Å². The molecule has 0 bridgehead atoms. The summed E-state index contributed by atoms with van der Waals surface area (Å²) in [5.41, 5.74) is -0.307. The number of rotatable bonds is 6. The molecule has 2 atom stereocenters. The first-order chi connectivity index (χ1) is 10.2. The Kier molecular flexibility index (Phi) is 6.51. The summed E-state index contributed by atoms with van der Waals surface area (Å²) in [6.07, 6.45) is -0.389. The third kappa shape index (κ3) is 6.23. The van der Waals surface area contributed by atoms with Crippen molar-refractivity contribution in [1.29, 1.82) is 0 Å². The Morgan fingerprint density at radius 2 is 1.91 bits per heavy atom. The molecule has 1 aromatic rings. The smallest absolute Gasteiger partial charge is 0.407 e. The van der Waals surface area contributed by atoms with Crippen molar-refractivity contribution in [2.75, 3.05) is 13.2 Å². The molecule has 1 rings (SSSR count). The zero-order chi connectivity index (χ0) is 16.8. The third-order valence-electron chi connectivity index (χ3n) is 2.48. The lowest BCUT2D eigenvalue weighted by Crippen LogP contribution is -2.38. The van der Waals surface area contributed by atoms with E-state index in [1.165, 1.54) is 12.4 Å². The molecule has 0 aliphatic carbocycles. The van der Waals surface area contributed by atoms with Crippen LogP contribution in [-0.2, 0) is 4.74 Å². The molecule has 8 heteroatoms. The zero-order valence-corrected chi connectivity index (χ0v) is 13.2. The summed E-state index contributed by atoms with van der Waals surface area (Å²) < 4.78 is 10.1. The zero-order valence-electron chi connectivity index (χ0n) is 13.2. The van der Waals surface area contributed by atoms with Gasteiger partial charge in [-0.2, -0.15) is 0 Å². The highest BCUT2D eigenvalue weighted by Crippen LogP contribution is 2.16. The molecule has 1 amide bonds. The molecular weight excluding hydrogens is 290 g/mol. The summed E-state index contributed by atoms with van der Waals surface area (Å²) in [7, 11) is 0. The molecule has 0 spiro atoms. The Balaban J connectivity index is 2.50. The summed E-state index contributed by atoms with van der Waals surface area (Å²) in [6.45, 7) is 7.27. The van der Waals surface area contributed by atoms with Gasteiger partial charge < -0.3 is 25.0 Å². The Morgan fingerprint density at radius 3 is 2.41 bits per heavy atom. The van der Waals surface area contributed by atoms with E-state index in [2.05, 4.69) is 15.3 Å². The van der Waals surface area contributed by atoms with E-state index in [0.717, 1.165) is 0 Å². The van der Waals surface area contributed by atoms with Gasteiger partial charge in [0.1, 0.15) is 17.8 Å². The predicted octanol–water partition coefficient (Wildman–Crippen LogP) is 0.794. The van der Waals surface area contributed by atoms with Crippen LogP contribution in [0.25, 0.3) is 0 Å². The van der Waals surface area contributed by atoms with Crippen LogP contribution in [0.5, 0.6) is 6.01 Å². The van der Waals surface area contributed by atoms with Gasteiger partial charge in [-0.15, -0.1) is 0 Å². The Labute approximate surface area is 129 Å². The maximum absolute atomic E-state index is 11.5. The highest BCUT2D eigenvalue weighted by Gasteiger charge is 2.22. The number of aliphatic hydroxyl groups excluding tert-OH is 2. The van der Waals surface area contributed by atoms with Crippen LogP contribution in [0.4, 0.5) is 4.79 Å². The van der Waals surface area contributed by atoms with E-state index in [0.29, 0.717) is 12.2 Å². The monoisotopic (exact) mass is 313 g/mol. The lowest BCUT2D eigenvalue weighted by molar-refractivity contribution is 0.0125. The molecule has 22 heavy (non-hydrogen) atoms. The van der Waals surface area contributed by atoms with Crippen molar-refractivity contribution in [1.82, 2.24) is 15.3 Å². The van der Waals surface area contributed by atoms with Gasteiger partial charge >= 0.3 is 12.1 Å². The van der Waals surface area contributed by atoms with Gasteiger partial charge in [0, 0.05) is 24.5 Å². The van der Waals surface area contributed by atoms with E-state index in [1.807, 2.05) is 0 Å². The third-order valence-corrected chi connectivity index (χ3v) is 2.48. The minimum Gasteiger partial charge on any atom is -0.464 e. The first kappa shape index (κ1) is 18.1. The molecule has 1 aromatic heterocycles. The summed E-state index contributed by atoms with van der Waals surface area (Å²) in [5, 5.41) is 22.3. The molecule has 1 heterocycles. The number of aromatic nitrogens is 2. The number of amides is 1. The number of ether oxygens (including phenoxy) is 2. The maximum Gasteiger partial charge on any atom is 0.407 e. The van der Waals surface area contributed by atoms with E-state index in [9.17, 15) is 15.0 Å². The fourth-order valence-corrected chi connectivity index (χ4v) is 1.52. The molecule has 2 unspecified atom stereocenters. The van der Waals surface area contributed by atoms with Crippen LogP contribution in [-0.4, -0.2) is 51.1 Å². The number of carbonyl (C=O) groups excluding carboxylic acids is 1. The molecule has 0 aromatic carbocycles. The summed E-state index contributed by atoms with van der Waals surface area (Å²) >= 11 is 0. The van der Waals surface area contributed by atoms with E-state index < -0.39 is 23.9 Å². The number of aliphatic hydroxyl groups is 2. The molecular formula is C14H23N3O5. The van der Waals surface area contributed by atoms with Crippen molar-refractivity contribution >= 4 is 6.09 Å². The van der Waals surface area contributed by atoms with Crippen molar-refractivity contribution in [3.63, 3.8) is 0 Å². The standard InChI is InChI=1S/C14H23N3O5/c1-5-21-12-15-6-9(7-16-12)11(19)10(18)8-17-13(20)22-14(2,3)4/h6-7,10-11,18-19H,5,8H2,1-4H3,(H,17,20). The van der Waals surface area contributed by atoms with Crippen LogP contribution >= 0.6 is 0 Å². The fourth-order valence-electron chi connectivity index (χ4n) is 1.52. The molecule has 8 nitrogen and oxygen atoms in total. The molecule has 0 fully saturated rings. The quantitative estimate of drug-likeness (QED) is 0.711. The van der Waals surface area contributed by atoms with Crippen LogP contribution in [0.2, 0.25) is 0 Å². The molecule has 0 aliphatic rings. The Morgan fingerprint density at radius 1 is 1.32 bits per heavy atom.